The van der Waals surface area contributed by atoms with Crippen molar-refractivity contribution in [2.24, 2.45) is 5.10 Å². The predicted molar refractivity (Wildman–Crippen MR) is 85.3 cm³/mol. The van der Waals surface area contributed by atoms with Crippen LogP contribution in [0.2, 0.25) is 0 Å². The molecule has 2 rings (SSSR count). The van der Waals surface area contributed by atoms with Crippen LogP contribution in [0.15, 0.2) is 53.7 Å². The standard InChI is InChI=1S/C16H20N2S/c1-4-5-6-7-8-15-17-18-16(3,19-15)14-11-9-13(2)10-12-14/h4-5,7-12,18H,6H2,1-3H3/b5-4?,8-7-. The lowest BCUT2D eigenvalue weighted by molar-refractivity contribution is 0.563. The molecule has 0 saturated heterocycles. The van der Waals surface area contributed by atoms with Crippen molar-refractivity contribution in [3.8, 4) is 0 Å². The van der Waals surface area contributed by atoms with E-state index in [1.807, 2.05) is 6.92 Å². The maximum absolute atomic E-state index is 4.40. The molecule has 100 valence electrons. The Bertz CT molecular complexity index is 514. The number of allylic oxidation sites excluding steroid dienone is 3. The lowest BCUT2D eigenvalue weighted by atomic mass is 10.1. The molecule has 1 heterocycles. The summed E-state index contributed by atoms with van der Waals surface area (Å²) in [5.41, 5.74) is 5.78. The third-order valence-corrected chi connectivity index (χ3v) is 4.23. The Morgan fingerprint density at radius 3 is 2.68 bits per heavy atom. The average molecular weight is 272 g/mol. The first-order valence-electron chi connectivity index (χ1n) is 6.53. The van der Waals surface area contributed by atoms with Gasteiger partial charge in [0.15, 0.2) is 0 Å². The summed E-state index contributed by atoms with van der Waals surface area (Å²) in [6.07, 6.45) is 9.36. The molecule has 1 aliphatic rings. The first-order chi connectivity index (χ1) is 9.14. The molecule has 0 amide bonds. The summed E-state index contributed by atoms with van der Waals surface area (Å²) < 4.78 is 0. The van der Waals surface area contributed by atoms with Crippen LogP contribution in [0.1, 0.15) is 31.4 Å². The van der Waals surface area contributed by atoms with E-state index >= 15 is 0 Å². The molecule has 0 spiro atoms. The molecule has 2 nitrogen and oxygen atoms in total. The van der Waals surface area contributed by atoms with E-state index in [0.717, 1.165) is 11.5 Å². The lowest BCUT2D eigenvalue weighted by Gasteiger charge is -2.23. The Morgan fingerprint density at radius 2 is 2.00 bits per heavy atom. The largest absolute Gasteiger partial charge is 0.288 e. The highest BCUT2D eigenvalue weighted by molar-refractivity contribution is 8.15. The first-order valence-corrected chi connectivity index (χ1v) is 7.34. The summed E-state index contributed by atoms with van der Waals surface area (Å²) in [5, 5.41) is 5.44. The van der Waals surface area contributed by atoms with Crippen LogP contribution in [0.5, 0.6) is 0 Å². The van der Waals surface area contributed by atoms with Crippen molar-refractivity contribution in [1.29, 1.82) is 0 Å². The predicted octanol–water partition coefficient (Wildman–Crippen LogP) is 4.34. The molecule has 0 aromatic heterocycles. The van der Waals surface area contributed by atoms with Crippen molar-refractivity contribution in [3.05, 3.63) is 59.7 Å². The fourth-order valence-electron chi connectivity index (χ4n) is 1.87. The Balaban J connectivity index is 2.02. The maximum atomic E-state index is 4.40. The maximum Gasteiger partial charge on any atom is 0.128 e. The van der Waals surface area contributed by atoms with E-state index in [1.165, 1.54) is 11.1 Å². The third kappa shape index (κ3) is 3.51. The molecular weight excluding hydrogens is 252 g/mol. The molecule has 1 atom stereocenters. The van der Waals surface area contributed by atoms with Crippen molar-refractivity contribution in [1.82, 2.24) is 5.43 Å². The summed E-state index contributed by atoms with van der Waals surface area (Å²) in [4.78, 5) is -0.159. The van der Waals surface area contributed by atoms with Gasteiger partial charge in [0.25, 0.3) is 0 Å². The molecule has 0 fully saturated rings. The normalized spacial score (nSPS) is 23.0. The van der Waals surface area contributed by atoms with Gasteiger partial charge in [0.1, 0.15) is 9.91 Å². The van der Waals surface area contributed by atoms with E-state index in [1.54, 1.807) is 11.8 Å². The van der Waals surface area contributed by atoms with E-state index < -0.39 is 0 Å². The summed E-state index contributed by atoms with van der Waals surface area (Å²) in [6, 6.07) is 8.61. The number of thioether (sulfide) groups is 1. The minimum absolute atomic E-state index is 0.159. The van der Waals surface area contributed by atoms with Crippen LogP contribution in [0.25, 0.3) is 0 Å². The first kappa shape index (κ1) is 13.9. The van der Waals surface area contributed by atoms with E-state index in [2.05, 4.69) is 72.9 Å². The second kappa shape index (κ2) is 6.11. The van der Waals surface area contributed by atoms with Crippen molar-refractivity contribution in [3.63, 3.8) is 0 Å². The van der Waals surface area contributed by atoms with Crippen molar-refractivity contribution >= 4 is 16.8 Å². The topological polar surface area (TPSA) is 24.4 Å². The number of hydrogen-bond acceptors (Lipinski definition) is 3. The van der Waals surface area contributed by atoms with Gasteiger partial charge in [-0.3, -0.25) is 5.43 Å². The van der Waals surface area contributed by atoms with E-state index in [9.17, 15) is 0 Å². The van der Waals surface area contributed by atoms with Crippen LogP contribution in [0, 0.1) is 6.92 Å². The minimum atomic E-state index is -0.159. The second-order valence-corrected chi connectivity index (χ2v) is 6.21. The quantitative estimate of drug-likeness (QED) is 0.825. The minimum Gasteiger partial charge on any atom is -0.288 e. The van der Waals surface area contributed by atoms with Crippen LogP contribution in [0.3, 0.4) is 0 Å². The van der Waals surface area contributed by atoms with Crippen LogP contribution in [0.4, 0.5) is 0 Å². The van der Waals surface area contributed by atoms with Gasteiger partial charge in [-0.1, -0.05) is 59.8 Å². The van der Waals surface area contributed by atoms with E-state index in [0.29, 0.717) is 0 Å². The van der Waals surface area contributed by atoms with Crippen LogP contribution in [-0.2, 0) is 4.87 Å². The monoisotopic (exact) mass is 272 g/mol. The summed E-state index contributed by atoms with van der Waals surface area (Å²) in [5.74, 6) is 0. The van der Waals surface area contributed by atoms with Crippen molar-refractivity contribution < 1.29 is 0 Å². The van der Waals surface area contributed by atoms with Gasteiger partial charge in [0, 0.05) is 0 Å². The number of nitrogens with zero attached hydrogens (tertiary/aromatic N) is 1. The zero-order valence-electron chi connectivity index (χ0n) is 11.7. The fourth-order valence-corrected chi connectivity index (χ4v) is 2.89. The molecule has 1 aromatic carbocycles. The molecule has 0 aliphatic carbocycles. The lowest BCUT2D eigenvalue weighted by Crippen LogP contribution is -2.28. The number of aryl methyl sites for hydroxylation is 1. The van der Waals surface area contributed by atoms with Gasteiger partial charge in [-0.15, -0.1) is 0 Å². The Kier molecular flexibility index (Phi) is 4.48. The zero-order chi connectivity index (χ0) is 13.7. The highest BCUT2D eigenvalue weighted by Gasteiger charge is 2.32. The van der Waals surface area contributed by atoms with Crippen LogP contribution in [-0.4, -0.2) is 5.04 Å². The van der Waals surface area contributed by atoms with E-state index in [4.69, 9.17) is 0 Å². The van der Waals surface area contributed by atoms with Gasteiger partial charge in [0.05, 0.1) is 0 Å². The summed E-state index contributed by atoms with van der Waals surface area (Å²) in [6.45, 7) is 6.30. The molecule has 0 saturated carbocycles. The van der Waals surface area contributed by atoms with Gasteiger partial charge < -0.3 is 0 Å². The molecule has 1 unspecified atom stereocenters. The molecule has 1 N–H and O–H groups in total. The van der Waals surface area contributed by atoms with Gasteiger partial charge in [-0.2, -0.15) is 5.10 Å². The summed E-state index contributed by atoms with van der Waals surface area (Å²) in [7, 11) is 0. The highest BCUT2D eigenvalue weighted by atomic mass is 32.2. The Labute approximate surface area is 119 Å². The summed E-state index contributed by atoms with van der Waals surface area (Å²) >= 11 is 1.76. The average Bonchev–Trinajstić information content (AvgIpc) is 2.78. The number of nitrogens with one attached hydrogen (secondary N) is 1. The highest BCUT2D eigenvalue weighted by Crippen LogP contribution is 2.38. The second-order valence-electron chi connectivity index (χ2n) is 4.77. The molecule has 19 heavy (non-hydrogen) atoms. The van der Waals surface area contributed by atoms with Crippen molar-refractivity contribution in [2.75, 3.05) is 0 Å². The number of hydrogen-bond donors (Lipinski definition) is 1. The molecule has 1 aliphatic heterocycles. The molecule has 0 bridgehead atoms. The molecular formula is C16H20N2S. The Morgan fingerprint density at radius 1 is 1.26 bits per heavy atom. The zero-order valence-corrected chi connectivity index (χ0v) is 12.5. The van der Waals surface area contributed by atoms with Gasteiger partial charge in [-0.25, -0.2) is 0 Å². The Hall–Kier alpha value is -1.48. The number of benzene rings is 1. The molecule has 1 aromatic rings. The van der Waals surface area contributed by atoms with E-state index in [-0.39, 0.29) is 4.87 Å². The van der Waals surface area contributed by atoms with Gasteiger partial charge >= 0.3 is 0 Å². The van der Waals surface area contributed by atoms with Crippen molar-refractivity contribution in [2.45, 2.75) is 32.1 Å². The van der Waals surface area contributed by atoms with Gasteiger partial charge in [0.2, 0.25) is 0 Å². The van der Waals surface area contributed by atoms with Gasteiger partial charge in [-0.05, 0) is 38.8 Å². The molecule has 3 heteroatoms. The number of hydrazone groups is 1. The number of rotatable bonds is 4. The van der Waals surface area contributed by atoms with Crippen LogP contribution < -0.4 is 5.43 Å². The molecule has 0 radical (unpaired) electrons. The third-order valence-electron chi connectivity index (χ3n) is 3.06. The smallest absolute Gasteiger partial charge is 0.128 e. The van der Waals surface area contributed by atoms with Crippen LogP contribution >= 0.6 is 11.8 Å². The fraction of sp³-hybridized carbons (Fsp3) is 0.312. The SMILES string of the molecule is CC=CC/C=C\C1=NNC(C)(c2ccc(C)cc2)S1.